The molecule has 2 heterocycles. The smallest absolute Gasteiger partial charge is 0.259 e. The van der Waals surface area contributed by atoms with E-state index in [2.05, 4.69) is 34.3 Å². The number of H-pyrrole nitrogens is 1. The molecule has 0 saturated heterocycles. The van der Waals surface area contributed by atoms with Crippen molar-refractivity contribution in [1.29, 1.82) is 0 Å². The van der Waals surface area contributed by atoms with Crippen LogP contribution in [-0.2, 0) is 10.5 Å². The summed E-state index contributed by atoms with van der Waals surface area (Å²) < 4.78 is 0. The van der Waals surface area contributed by atoms with E-state index in [4.69, 9.17) is 0 Å². The zero-order valence-electron chi connectivity index (χ0n) is 15.7. The second-order valence-corrected chi connectivity index (χ2v) is 8.77. The molecule has 5 nitrogen and oxygen atoms in total. The Morgan fingerprint density at radius 3 is 2.78 bits per heavy atom. The van der Waals surface area contributed by atoms with E-state index in [1.165, 1.54) is 28.7 Å². The summed E-state index contributed by atoms with van der Waals surface area (Å²) in [5.74, 6) is 1.72. The monoisotopic (exact) mass is 401 g/mol. The molecule has 3 aromatic rings. The van der Waals surface area contributed by atoms with E-state index >= 15 is 0 Å². The second kappa shape index (κ2) is 8.71. The summed E-state index contributed by atoms with van der Waals surface area (Å²) in [6, 6.07) is 10.1. The Hall–Kier alpha value is -2.12. The maximum Gasteiger partial charge on any atom is 0.259 e. The van der Waals surface area contributed by atoms with Crippen LogP contribution in [0.4, 0.5) is 0 Å². The highest BCUT2D eigenvalue weighted by Crippen LogP contribution is 2.26. The molecule has 1 aromatic carbocycles. The Labute approximate surface area is 166 Å². The maximum atomic E-state index is 12.3. The van der Waals surface area contributed by atoms with Gasteiger partial charge >= 0.3 is 0 Å². The number of amides is 1. The number of nitrogens with zero attached hydrogens (tertiary/aromatic N) is 1. The van der Waals surface area contributed by atoms with Crippen LogP contribution in [0.3, 0.4) is 0 Å². The maximum absolute atomic E-state index is 12.3. The number of rotatable bonds is 7. The molecule has 0 unspecified atom stereocenters. The number of nitrogens with one attached hydrogen (secondary N) is 2. The van der Waals surface area contributed by atoms with Gasteiger partial charge in [-0.25, -0.2) is 4.98 Å². The number of fused-ring (bicyclic) bond motifs is 1. The molecule has 3 rings (SSSR count). The number of hydrogen-bond donors (Lipinski definition) is 2. The van der Waals surface area contributed by atoms with Crippen molar-refractivity contribution in [2.75, 3.05) is 12.3 Å². The Kier molecular flexibility index (Phi) is 6.34. The van der Waals surface area contributed by atoms with E-state index < -0.39 is 0 Å². The summed E-state index contributed by atoms with van der Waals surface area (Å²) in [5.41, 5.74) is 2.11. The van der Waals surface area contributed by atoms with E-state index in [0.29, 0.717) is 29.3 Å². The molecule has 142 valence electrons. The van der Waals surface area contributed by atoms with Gasteiger partial charge in [0.1, 0.15) is 10.7 Å². The Balaban J connectivity index is 1.50. The first-order valence-corrected chi connectivity index (χ1v) is 10.8. The van der Waals surface area contributed by atoms with Crippen molar-refractivity contribution in [2.24, 2.45) is 0 Å². The zero-order valence-corrected chi connectivity index (χ0v) is 17.3. The summed E-state index contributed by atoms with van der Waals surface area (Å²) >= 11 is 2.99. The lowest BCUT2D eigenvalue weighted by atomic mass is 10.0. The van der Waals surface area contributed by atoms with Crippen LogP contribution in [0.2, 0.25) is 0 Å². The molecule has 0 fully saturated rings. The lowest BCUT2D eigenvalue weighted by molar-refractivity contribution is -0.118. The molecule has 0 radical (unpaired) electrons. The first-order valence-electron chi connectivity index (χ1n) is 8.84. The van der Waals surface area contributed by atoms with Gasteiger partial charge in [-0.2, -0.15) is 0 Å². The zero-order chi connectivity index (χ0) is 19.4. The standard InChI is InChI=1S/C20H23N3O2S2/c1-12(15-7-5-4-6-8-15)9-21-17(24)11-26-10-16-22-19(25)18-13(2)14(3)27-20(18)23-16/h4-8,12H,9-11H2,1-3H3,(H,21,24)(H,22,23,25)/t12-/m1/s1. The third-order valence-corrected chi connectivity index (χ3v) is 6.58. The molecule has 0 saturated carbocycles. The van der Waals surface area contributed by atoms with E-state index in [0.717, 1.165) is 15.3 Å². The van der Waals surface area contributed by atoms with Crippen molar-refractivity contribution < 1.29 is 4.79 Å². The van der Waals surface area contributed by atoms with Crippen molar-refractivity contribution in [2.45, 2.75) is 32.4 Å². The van der Waals surface area contributed by atoms with E-state index in [1.807, 2.05) is 32.0 Å². The minimum Gasteiger partial charge on any atom is -0.355 e. The summed E-state index contributed by atoms with van der Waals surface area (Å²) in [7, 11) is 0. The number of benzene rings is 1. The number of thiophene rings is 1. The number of aromatic amines is 1. The number of hydrogen-bond acceptors (Lipinski definition) is 5. The average molecular weight is 402 g/mol. The van der Waals surface area contributed by atoms with Crippen molar-refractivity contribution in [3.63, 3.8) is 0 Å². The molecular weight excluding hydrogens is 378 g/mol. The first-order chi connectivity index (χ1) is 13.0. The Morgan fingerprint density at radius 2 is 2.04 bits per heavy atom. The van der Waals surface area contributed by atoms with Crippen LogP contribution >= 0.6 is 23.1 Å². The topological polar surface area (TPSA) is 74.8 Å². The van der Waals surface area contributed by atoms with Crippen molar-refractivity contribution in [1.82, 2.24) is 15.3 Å². The fourth-order valence-corrected chi connectivity index (χ4v) is 4.59. The molecule has 27 heavy (non-hydrogen) atoms. The molecule has 0 aliphatic carbocycles. The fraction of sp³-hybridized carbons (Fsp3) is 0.350. The highest BCUT2D eigenvalue weighted by Gasteiger charge is 2.12. The second-order valence-electron chi connectivity index (χ2n) is 6.58. The first kappa shape index (κ1) is 19.6. The molecule has 2 aromatic heterocycles. The van der Waals surface area contributed by atoms with Gasteiger partial charge in [-0.05, 0) is 30.9 Å². The quantitative estimate of drug-likeness (QED) is 0.632. The summed E-state index contributed by atoms with van der Waals surface area (Å²) in [4.78, 5) is 33.6. The SMILES string of the molecule is Cc1sc2nc(CSCC(=O)NC[C@@H](C)c3ccccc3)[nH]c(=O)c2c1C. The van der Waals surface area contributed by atoms with Crippen molar-refractivity contribution in [3.8, 4) is 0 Å². The lowest BCUT2D eigenvalue weighted by Gasteiger charge is -2.12. The van der Waals surface area contributed by atoms with Crippen LogP contribution in [0, 0.1) is 13.8 Å². The van der Waals surface area contributed by atoms with Crippen LogP contribution in [0.25, 0.3) is 10.2 Å². The van der Waals surface area contributed by atoms with Crippen molar-refractivity contribution >= 4 is 39.2 Å². The number of thioether (sulfide) groups is 1. The number of aryl methyl sites for hydroxylation is 2. The Bertz CT molecular complexity index is 996. The van der Waals surface area contributed by atoms with Crippen molar-refractivity contribution in [3.05, 3.63) is 62.5 Å². The predicted molar refractivity (Wildman–Crippen MR) is 114 cm³/mol. The van der Waals surface area contributed by atoms with Crippen LogP contribution in [0.15, 0.2) is 35.1 Å². The minimum atomic E-state index is -0.0985. The van der Waals surface area contributed by atoms with Crippen LogP contribution in [0.1, 0.15) is 34.7 Å². The average Bonchev–Trinajstić information content (AvgIpc) is 2.94. The lowest BCUT2D eigenvalue weighted by Crippen LogP contribution is -2.29. The van der Waals surface area contributed by atoms with E-state index in [1.54, 1.807) is 0 Å². The largest absolute Gasteiger partial charge is 0.355 e. The third-order valence-electron chi connectivity index (χ3n) is 4.53. The molecule has 7 heteroatoms. The molecule has 0 spiro atoms. The van der Waals surface area contributed by atoms with E-state index in [-0.39, 0.29) is 17.4 Å². The van der Waals surface area contributed by atoms with Crippen LogP contribution in [0.5, 0.6) is 0 Å². The van der Waals surface area contributed by atoms with Crippen LogP contribution < -0.4 is 10.9 Å². The normalized spacial score (nSPS) is 12.3. The fourth-order valence-electron chi connectivity index (χ4n) is 2.83. The van der Waals surface area contributed by atoms with E-state index in [9.17, 15) is 9.59 Å². The summed E-state index contributed by atoms with van der Waals surface area (Å²) in [6.45, 7) is 6.65. The Morgan fingerprint density at radius 1 is 1.30 bits per heavy atom. The molecule has 1 atom stereocenters. The number of carbonyl (C=O) groups excluding carboxylic acids is 1. The molecule has 2 N–H and O–H groups in total. The molecule has 0 bridgehead atoms. The molecule has 0 aliphatic heterocycles. The van der Waals surface area contributed by atoms with Gasteiger partial charge in [0.15, 0.2) is 0 Å². The van der Waals surface area contributed by atoms with Gasteiger partial charge in [-0.3, -0.25) is 9.59 Å². The molecule has 0 aliphatic rings. The summed E-state index contributed by atoms with van der Waals surface area (Å²) in [6.07, 6.45) is 0. The summed E-state index contributed by atoms with van der Waals surface area (Å²) in [5, 5.41) is 3.65. The van der Waals surface area contributed by atoms with Gasteiger partial charge in [0.05, 0.1) is 16.9 Å². The van der Waals surface area contributed by atoms with Gasteiger partial charge in [0.2, 0.25) is 5.91 Å². The van der Waals surface area contributed by atoms with Gasteiger partial charge in [0, 0.05) is 11.4 Å². The molecular formula is C20H23N3O2S2. The number of aromatic nitrogens is 2. The van der Waals surface area contributed by atoms with Crippen LogP contribution in [-0.4, -0.2) is 28.2 Å². The minimum absolute atomic E-state index is 0.00554. The molecule has 1 amide bonds. The third kappa shape index (κ3) is 4.78. The van der Waals surface area contributed by atoms with Gasteiger partial charge in [-0.1, -0.05) is 37.3 Å². The van der Waals surface area contributed by atoms with Gasteiger partial charge in [0.25, 0.3) is 5.56 Å². The highest BCUT2D eigenvalue weighted by atomic mass is 32.2. The predicted octanol–water partition coefficient (Wildman–Crippen LogP) is 3.75. The highest BCUT2D eigenvalue weighted by molar-refractivity contribution is 7.99. The number of carbonyl (C=O) groups is 1. The van der Waals surface area contributed by atoms with Gasteiger partial charge < -0.3 is 10.3 Å². The van der Waals surface area contributed by atoms with Gasteiger partial charge in [-0.15, -0.1) is 23.1 Å².